The molecule has 6 aromatic rings. The van der Waals surface area contributed by atoms with Gasteiger partial charge in [-0.05, 0) is 35.9 Å². The highest BCUT2D eigenvalue weighted by Crippen LogP contribution is 2.28. The number of H-pyrrole nitrogens is 1. The molecule has 4 aromatic heterocycles. The fourth-order valence-electron chi connectivity index (χ4n) is 4.19. The molecule has 0 spiro atoms. The standard InChI is InChI=1S/C27H19FN6O3S/c28-20-6-8-22-19(11-20)12-23(25-29-9-10-37-25)34(22)15-24(35)31-14-21-7-5-18(13-30-21)16-1-3-17(4-2-16)26-32-33-27(36)38-26/h1-13H,14-15H2,(H,31,35)(H,33,36). The predicted octanol–water partition coefficient (Wildman–Crippen LogP) is 4.63. The van der Waals surface area contributed by atoms with E-state index in [0.29, 0.717) is 33.2 Å². The smallest absolute Gasteiger partial charge is 0.322 e. The Bertz CT molecular complexity index is 1790. The van der Waals surface area contributed by atoms with Crippen LogP contribution in [0, 0.1) is 5.82 Å². The fraction of sp³-hybridized carbons (Fsp3) is 0.0741. The number of oxazole rings is 1. The Kier molecular flexibility index (Phi) is 6.10. The van der Waals surface area contributed by atoms with Crippen LogP contribution in [0.2, 0.25) is 0 Å². The minimum Gasteiger partial charge on any atom is -0.443 e. The van der Waals surface area contributed by atoms with Crippen molar-refractivity contribution in [1.29, 1.82) is 0 Å². The molecule has 0 aliphatic heterocycles. The van der Waals surface area contributed by atoms with Gasteiger partial charge < -0.3 is 14.3 Å². The first kappa shape index (κ1) is 23.5. The molecule has 0 bridgehead atoms. The van der Waals surface area contributed by atoms with E-state index in [2.05, 4.69) is 25.5 Å². The Morgan fingerprint density at radius 3 is 2.55 bits per heavy atom. The molecule has 0 radical (unpaired) electrons. The van der Waals surface area contributed by atoms with Gasteiger partial charge in [0.15, 0.2) is 0 Å². The SMILES string of the molecule is O=C(Cn1c(-c2ncco2)cc2cc(F)ccc21)NCc1ccc(-c2ccc(-c3n[nH]c(=O)s3)cc2)cn1. The van der Waals surface area contributed by atoms with E-state index < -0.39 is 0 Å². The molecule has 0 atom stereocenters. The summed E-state index contributed by atoms with van der Waals surface area (Å²) in [4.78, 5) is 32.6. The Labute approximate surface area is 218 Å². The quantitative estimate of drug-likeness (QED) is 0.313. The van der Waals surface area contributed by atoms with Crippen LogP contribution in [-0.4, -0.2) is 30.6 Å². The monoisotopic (exact) mass is 526 g/mol. The van der Waals surface area contributed by atoms with Gasteiger partial charge in [0.05, 0.1) is 18.4 Å². The zero-order valence-electron chi connectivity index (χ0n) is 19.7. The summed E-state index contributed by atoms with van der Waals surface area (Å²) in [5.41, 5.74) is 4.73. The molecule has 2 N–H and O–H groups in total. The van der Waals surface area contributed by atoms with E-state index >= 15 is 0 Å². The van der Waals surface area contributed by atoms with Crippen molar-refractivity contribution in [1.82, 2.24) is 30.0 Å². The highest BCUT2D eigenvalue weighted by molar-refractivity contribution is 7.12. The molecule has 6 rings (SSSR count). The second kappa shape index (κ2) is 9.87. The van der Waals surface area contributed by atoms with Crippen LogP contribution in [-0.2, 0) is 17.9 Å². The number of nitrogens with one attached hydrogen (secondary N) is 2. The summed E-state index contributed by atoms with van der Waals surface area (Å²) in [7, 11) is 0. The number of carbonyl (C=O) groups excluding carboxylic acids is 1. The highest BCUT2D eigenvalue weighted by Gasteiger charge is 2.17. The van der Waals surface area contributed by atoms with Crippen LogP contribution < -0.4 is 10.2 Å². The molecule has 0 aliphatic carbocycles. The van der Waals surface area contributed by atoms with Crippen molar-refractivity contribution in [2.75, 3.05) is 0 Å². The van der Waals surface area contributed by atoms with Crippen molar-refractivity contribution in [3.63, 3.8) is 0 Å². The van der Waals surface area contributed by atoms with E-state index in [4.69, 9.17) is 4.42 Å². The van der Waals surface area contributed by atoms with Gasteiger partial charge in [0.1, 0.15) is 29.3 Å². The average molecular weight is 527 g/mol. The zero-order valence-corrected chi connectivity index (χ0v) is 20.5. The van der Waals surface area contributed by atoms with E-state index in [-0.39, 0.29) is 29.7 Å². The van der Waals surface area contributed by atoms with Gasteiger partial charge in [0.2, 0.25) is 11.8 Å². The number of amides is 1. The Balaban J connectivity index is 1.13. The van der Waals surface area contributed by atoms with Crippen molar-refractivity contribution < 1.29 is 13.6 Å². The first-order valence-electron chi connectivity index (χ1n) is 11.6. The Morgan fingerprint density at radius 1 is 1.03 bits per heavy atom. The van der Waals surface area contributed by atoms with Gasteiger partial charge in [-0.25, -0.2) is 14.5 Å². The van der Waals surface area contributed by atoms with Crippen LogP contribution >= 0.6 is 11.3 Å². The molecular weight excluding hydrogens is 507 g/mol. The summed E-state index contributed by atoms with van der Waals surface area (Å²) in [6.45, 7) is 0.250. The topological polar surface area (TPSA) is 119 Å². The lowest BCUT2D eigenvalue weighted by Crippen LogP contribution is -2.27. The van der Waals surface area contributed by atoms with Crippen molar-refractivity contribution in [3.8, 4) is 33.3 Å². The van der Waals surface area contributed by atoms with Crippen LogP contribution in [0.1, 0.15) is 5.69 Å². The minimum absolute atomic E-state index is 0.00196. The molecule has 0 saturated carbocycles. The highest BCUT2D eigenvalue weighted by atomic mass is 32.1. The minimum atomic E-state index is -0.362. The van der Waals surface area contributed by atoms with Crippen molar-refractivity contribution >= 4 is 28.1 Å². The van der Waals surface area contributed by atoms with Crippen molar-refractivity contribution in [2.24, 2.45) is 0 Å². The maximum absolute atomic E-state index is 13.8. The second-order valence-electron chi connectivity index (χ2n) is 8.47. The molecule has 2 aromatic carbocycles. The molecule has 1 amide bonds. The fourth-order valence-corrected chi connectivity index (χ4v) is 4.80. The predicted molar refractivity (Wildman–Crippen MR) is 141 cm³/mol. The number of halogens is 1. The lowest BCUT2D eigenvalue weighted by molar-refractivity contribution is -0.121. The third-order valence-corrected chi connectivity index (χ3v) is 6.81. The summed E-state index contributed by atoms with van der Waals surface area (Å²) in [6.07, 6.45) is 4.72. The van der Waals surface area contributed by atoms with Crippen molar-refractivity contribution in [2.45, 2.75) is 13.1 Å². The van der Waals surface area contributed by atoms with Crippen molar-refractivity contribution in [3.05, 3.63) is 100 Å². The Morgan fingerprint density at radius 2 is 1.84 bits per heavy atom. The van der Waals surface area contributed by atoms with Gasteiger partial charge in [0, 0.05) is 28.2 Å². The number of hydrogen-bond donors (Lipinski definition) is 2. The van der Waals surface area contributed by atoms with Gasteiger partial charge in [-0.2, -0.15) is 5.10 Å². The molecule has 9 nitrogen and oxygen atoms in total. The normalized spacial score (nSPS) is 11.2. The number of nitrogens with zero attached hydrogens (tertiary/aromatic N) is 4. The first-order chi connectivity index (χ1) is 18.5. The van der Waals surface area contributed by atoms with Gasteiger partial charge in [-0.3, -0.25) is 14.6 Å². The number of aromatic amines is 1. The van der Waals surface area contributed by atoms with Gasteiger partial charge in [0.25, 0.3) is 0 Å². The number of fused-ring (bicyclic) bond motifs is 1. The molecule has 4 heterocycles. The van der Waals surface area contributed by atoms with Gasteiger partial charge in [-0.1, -0.05) is 41.7 Å². The molecule has 38 heavy (non-hydrogen) atoms. The summed E-state index contributed by atoms with van der Waals surface area (Å²) < 4.78 is 20.9. The van der Waals surface area contributed by atoms with Crippen LogP contribution in [0.4, 0.5) is 4.39 Å². The number of pyridine rings is 1. The molecule has 188 valence electrons. The lowest BCUT2D eigenvalue weighted by Gasteiger charge is -2.10. The van der Waals surface area contributed by atoms with E-state index in [1.165, 1.54) is 24.6 Å². The summed E-state index contributed by atoms with van der Waals surface area (Å²) in [6, 6.07) is 17.6. The van der Waals surface area contributed by atoms with E-state index in [0.717, 1.165) is 28.0 Å². The van der Waals surface area contributed by atoms with Crippen LogP contribution in [0.25, 0.3) is 44.2 Å². The third kappa shape index (κ3) is 4.74. The van der Waals surface area contributed by atoms with Crippen LogP contribution in [0.15, 0.2) is 88.5 Å². The van der Waals surface area contributed by atoms with E-state index in [9.17, 15) is 14.0 Å². The van der Waals surface area contributed by atoms with Crippen LogP contribution in [0.3, 0.4) is 0 Å². The maximum Gasteiger partial charge on any atom is 0.322 e. The number of aromatic nitrogens is 5. The second-order valence-corrected chi connectivity index (χ2v) is 9.43. The van der Waals surface area contributed by atoms with Crippen LogP contribution in [0.5, 0.6) is 0 Å². The average Bonchev–Trinajstić information content (AvgIpc) is 3.69. The molecule has 11 heteroatoms. The summed E-state index contributed by atoms with van der Waals surface area (Å²) in [5, 5.41) is 10.6. The van der Waals surface area contributed by atoms with Gasteiger partial charge >= 0.3 is 4.87 Å². The number of carbonyl (C=O) groups is 1. The number of hydrogen-bond acceptors (Lipinski definition) is 7. The Hall–Kier alpha value is -4.90. The molecule has 0 aliphatic rings. The zero-order chi connectivity index (χ0) is 26.1. The maximum atomic E-state index is 13.8. The lowest BCUT2D eigenvalue weighted by atomic mass is 10.1. The largest absolute Gasteiger partial charge is 0.443 e. The van der Waals surface area contributed by atoms with E-state index in [1.807, 2.05) is 36.4 Å². The first-order valence-corrected chi connectivity index (χ1v) is 12.4. The molecular formula is C27H19FN6O3S. The summed E-state index contributed by atoms with van der Waals surface area (Å²) >= 11 is 1.06. The molecule has 0 unspecified atom stereocenters. The van der Waals surface area contributed by atoms with Gasteiger partial charge in [-0.15, -0.1) is 0 Å². The third-order valence-electron chi connectivity index (χ3n) is 6.01. The molecule has 0 fully saturated rings. The number of benzene rings is 2. The van der Waals surface area contributed by atoms with E-state index in [1.54, 1.807) is 22.9 Å². The molecule has 0 saturated heterocycles. The number of rotatable bonds is 7. The summed E-state index contributed by atoms with van der Waals surface area (Å²) in [5.74, 6) is -0.249.